The van der Waals surface area contributed by atoms with Crippen molar-refractivity contribution in [1.82, 2.24) is 19.7 Å². The second-order valence-corrected chi connectivity index (χ2v) is 7.82. The highest BCUT2D eigenvalue weighted by Gasteiger charge is 2.24. The molecule has 3 heterocycles. The third-order valence-corrected chi connectivity index (χ3v) is 6.09. The Labute approximate surface area is 161 Å². The maximum atomic E-state index is 12.8. The molecule has 2 aromatic heterocycles. The summed E-state index contributed by atoms with van der Waals surface area (Å²) < 4.78 is 2.29. The van der Waals surface area contributed by atoms with Crippen molar-refractivity contribution in [3.05, 3.63) is 58.2 Å². The van der Waals surface area contributed by atoms with E-state index in [-0.39, 0.29) is 12.5 Å². The van der Waals surface area contributed by atoms with Crippen LogP contribution in [-0.4, -0.2) is 38.7 Å². The SMILES string of the molecule is O=C(Cn1c(-c2cccs2)n[nH]c1=S)N1CCC(c2ccccc2)CC1. The number of hydrogen-bond donors (Lipinski definition) is 1. The molecule has 1 amide bonds. The highest BCUT2D eigenvalue weighted by molar-refractivity contribution is 7.71. The zero-order valence-corrected chi connectivity index (χ0v) is 15.9. The topological polar surface area (TPSA) is 53.9 Å². The maximum Gasteiger partial charge on any atom is 0.242 e. The molecule has 0 atom stereocenters. The number of nitrogens with zero attached hydrogens (tertiary/aromatic N) is 3. The van der Waals surface area contributed by atoms with Crippen molar-refractivity contribution < 1.29 is 4.79 Å². The molecule has 0 spiro atoms. The maximum absolute atomic E-state index is 12.8. The Kier molecular flexibility index (Phi) is 4.99. The van der Waals surface area contributed by atoms with Crippen LogP contribution in [0, 0.1) is 4.77 Å². The van der Waals surface area contributed by atoms with Crippen molar-refractivity contribution in [2.24, 2.45) is 0 Å². The second kappa shape index (κ2) is 7.55. The largest absolute Gasteiger partial charge is 0.341 e. The molecule has 1 saturated heterocycles. The zero-order chi connectivity index (χ0) is 17.9. The van der Waals surface area contributed by atoms with Crippen molar-refractivity contribution >= 4 is 29.5 Å². The molecule has 1 fully saturated rings. The normalized spacial score (nSPS) is 15.3. The number of hydrogen-bond acceptors (Lipinski definition) is 4. The first-order valence-corrected chi connectivity index (χ1v) is 10.0. The highest BCUT2D eigenvalue weighted by Crippen LogP contribution is 2.28. The van der Waals surface area contributed by atoms with E-state index in [1.807, 2.05) is 28.5 Å². The fourth-order valence-corrected chi connectivity index (χ4v) is 4.40. The van der Waals surface area contributed by atoms with Crippen LogP contribution in [0.2, 0.25) is 0 Å². The van der Waals surface area contributed by atoms with Crippen LogP contribution in [0.5, 0.6) is 0 Å². The second-order valence-electron chi connectivity index (χ2n) is 6.48. The molecule has 0 aliphatic carbocycles. The van der Waals surface area contributed by atoms with E-state index >= 15 is 0 Å². The summed E-state index contributed by atoms with van der Waals surface area (Å²) in [4.78, 5) is 15.8. The van der Waals surface area contributed by atoms with Gasteiger partial charge in [0.2, 0.25) is 5.91 Å². The Morgan fingerprint density at radius 1 is 1.19 bits per heavy atom. The van der Waals surface area contributed by atoms with Crippen LogP contribution < -0.4 is 0 Å². The Morgan fingerprint density at radius 3 is 2.65 bits per heavy atom. The van der Waals surface area contributed by atoms with Gasteiger partial charge in [-0.1, -0.05) is 36.4 Å². The summed E-state index contributed by atoms with van der Waals surface area (Å²) in [6, 6.07) is 14.5. The lowest BCUT2D eigenvalue weighted by atomic mass is 9.89. The summed E-state index contributed by atoms with van der Waals surface area (Å²) in [6.45, 7) is 1.81. The predicted octanol–water partition coefficient (Wildman–Crippen LogP) is 4.08. The van der Waals surface area contributed by atoms with Crippen LogP contribution in [0.1, 0.15) is 24.3 Å². The van der Waals surface area contributed by atoms with Crippen LogP contribution in [0.25, 0.3) is 10.7 Å². The van der Waals surface area contributed by atoms with Gasteiger partial charge < -0.3 is 4.90 Å². The van der Waals surface area contributed by atoms with Crippen LogP contribution >= 0.6 is 23.6 Å². The third-order valence-electron chi connectivity index (χ3n) is 4.91. The molecule has 1 N–H and O–H groups in total. The number of carbonyl (C=O) groups excluding carboxylic acids is 1. The number of rotatable bonds is 4. The first-order chi connectivity index (χ1) is 12.7. The van der Waals surface area contributed by atoms with E-state index in [0.29, 0.717) is 10.7 Å². The number of nitrogens with one attached hydrogen (secondary N) is 1. The molecule has 5 nitrogen and oxygen atoms in total. The van der Waals surface area contributed by atoms with Gasteiger partial charge in [-0.25, -0.2) is 0 Å². The summed E-state index contributed by atoms with van der Waals surface area (Å²) in [7, 11) is 0. The number of benzene rings is 1. The molecule has 26 heavy (non-hydrogen) atoms. The van der Waals surface area contributed by atoms with Gasteiger partial charge in [0.1, 0.15) is 6.54 Å². The Hall–Kier alpha value is -2.25. The smallest absolute Gasteiger partial charge is 0.242 e. The molecule has 0 radical (unpaired) electrons. The summed E-state index contributed by atoms with van der Waals surface area (Å²) >= 11 is 6.92. The van der Waals surface area contributed by atoms with Crippen molar-refractivity contribution in [1.29, 1.82) is 0 Å². The molecule has 1 aliphatic rings. The molecule has 4 rings (SSSR count). The van der Waals surface area contributed by atoms with Gasteiger partial charge >= 0.3 is 0 Å². The van der Waals surface area contributed by atoms with Gasteiger partial charge in [-0.3, -0.25) is 14.5 Å². The first kappa shape index (κ1) is 17.2. The van der Waals surface area contributed by atoms with Crippen molar-refractivity contribution in [3.63, 3.8) is 0 Å². The molecule has 0 unspecified atom stereocenters. The van der Waals surface area contributed by atoms with E-state index in [9.17, 15) is 4.79 Å². The molecule has 1 aromatic carbocycles. The van der Waals surface area contributed by atoms with Crippen LogP contribution in [0.3, 0.4) is 0 Å². The van der Waals surface area contributed by atoms with Crippen molar-refractivity contribution in [2.75, 3.05) is 13.1 Å². The monoisotopic (exact) mass is 384 g/mol. The predicted molar refractivity (Wildman–Crippen MR) is 106 cm³/mol. The lowest BCUT2D eigenvalue weighted by Gasteiger charge is -2.32. The van der Waals surface area contributed by atoms with E-state index in [1.54, 1.807) is 15.9 Å². The zero-order valence-electron chi connectivity index (χ0n) is 14.3. The standard InChI is InChI=1S/C19H20N4OS2/c24-17(13-23-18(20-21-19(23)25)16-7-4-12-26-16)22-10-8-15(9-11-22)14-5-2-1-3-6-14/h1-7,12,15H,8-11,13H2,(H,21,25). The van der Waals surface area contributed by atoms with E-state index < -0.39 is 0 Å². The Morgan fingerprint density at radius 2 is 1.96 bits per heavy atom. The van der Waals surface area contributed by atoms with E-state index in [4.69, 9.17) is 12.2 Å². The van der Waals surface area contributed by atoms with Gasteiger partial charge in [-0.15, -0.1) is 11.3 Å². The van der Waals surface area contributed by atoms with E-state index in [0.717, 1.165) is 36.6 Å². The molecule has 7 heteroatoms. The Bertz CT molecular complexity index is 922. The van der Waals surface area contributed by atoms with Crippen LogP contribution in [0.4, 0.5) is 0 Å². The van der Waals surface area contributed by atoms with E-state index in [2.05, 4.69) is 34.5 Å². The molecule has 134 valence electrons. The number of thiophene rings is 1. The number of carbonyl (C=O) groups is 1. The number of aromatic nitrogens is 3. The van der Waals surface area contributed by atoms with Gasteiger partial charge in [0.05, 0.1) is 4.88 Å². The molecule has 3 aromatic rings. The van der Waals surface area contributed by atoms with Crippen molar-refractivity contribution in [2.45, 2.75) is 25.3 Å². The van der Waals surface area contributed by atoms with Crippen LogP contribution in [-0.2, 0) is 11.3 Å². The fraction of sp³-hybridized carbons (Fsp3) is 0.316. The molecular formula is C19H20N4OS2. The lowest BCUT2D eigenvalue weighted by molar-refractivity contribution is -0.132. The molecular weight excluding hydrogens is 364 g/mol. The van der Waals surface area contributed by atoms with Gasteiger partial charge in [0, 0.05) is 13.1 Å². The lowest BCUT2D eigenvalue weighted by Crippen LogP contribution is -2.39. The number of H-pyrrole nitrogens is 1. The highest BCUT2D eigenvalue weighted by atomic mass is 32.1. The van der Waals surface area contributed by atoms with E-state index in [1.165, 1.54) is 5.56 Å². The fourth-order valence-electron chi connectivity index (χ4n) is 3.48. The number of amides is 1. The third kappa shape index (κ3) is 3.50. The minimum absolute atomic E-state index is 0.104. The van der Waals surface area contributed by atoms with Gasteiger partial charge in [-0.2, -0.15) is 5.10 Å². The number of piperidine rings is 1. The van der Waals surface area contributed by atoms with Crippen molar-refractivity contribution in [3.8, 4) is 10.7 Å². The summed E-state index contributed by atoms with van der Waals surface area (Å²) in [5, 5.41) is 9.10. The average molecular weight is 385 g/mol. The molecule has 0 saturated carbocycles. The average Bonchev–Trinajstić information content (AvgIpc) is 3.33. The number of likely N-dealkylation sites (tertiary alicyclic amines) is 1. The summed E-state index contributed by atoms with van der Waals surface area (Å²) in [6.07, 6.45) is 2.01. The minimum atomic E-state index is 0.104. The summed E-state index contributed by atoms with van der Waals surface area (Å²) in [5.41, 5.74) is 1.37. The Balaban J connectivity index is 1.43. The quantitative estimate of drug-likeness (QED) is 0.690. The van der Waals surface area contributed by atoms with Gasteiger partial charge in [0.15, 0.2) is 10.6 Å². The first-order valence-electron chi connectivity index (χ1n) is 8.74. The number of aromatic amines is 1. The molecule has 1 aliphatic heterocycles. The minimum Gasteiger partial charge on any atom is -0.341 e. The van der Waals surface area contributed by atoms with Crippen LogP contribution in [0.15, 0.2) is 47.8 Å². The van der Waals surface area contributed by atoms with Gasteiger partial charge in [-0.05, 0) is 48.0 Å². The molecule has 0 bridgehead atoms. The van der Waals surface area contributed by atoms with Gasteiger partial charge in [0.25, 0.3) is 0 Å². The summed E-state index contributed by atoms with van der Waals surface area (Å²) in [5.74, 6) is 1.38.